The van der Waals surface area contributed by atoms with Crippen LogP contribution >= 0.6 is 0 Å². The van der Waals surface area contributed by atoms with E-state index in [0.717, 1.165) is 0 Å². The second-order valence-corrected chi connectivity index (χ2v) is 7.85. The van der Waals surface area contributed by atoms with Crippen LogP contribution in [0.15, 0.2) is 47.3 Å². The second-order valence-electron chi connectivity index (χ2n) is 7.85. The molecule has 1 atom stereocenters. The second kappa shape index (κ2) is 8.39. The summed E-state index contributed by atoms with van der Waals surface area (Å²) >= 11 is 0. The van der Waals surface area contributed by atoms with E-state index in [0.29, 0.717) is 54.4 Å². The number of hydrogen-bond acceptors (Lipinski definition) is 6. The van der Waals surface area contributed by atoms with Gasteiger partial charge in [0, 0.05) is 31.9 Å². The number of nitrogens with zero attached hydrogens (tertiary/aromatic N) is 2. The first kappa shape index (κ1) is 20.1. The van der Waals surface area contributed by atoms with Gasteiger partial charge in [-0.25, -0.2) is 4.79 Å². The lowest BCUT2D eigenvalue weighted by atomic mass is 10.2. The van der Waals surface area contributed by atoms with Gasteiger partial charge in [-0.05, 0) is 30.3 Å². The molecule has 1 fully saturated rings. The van der Waals surface area contributed by atoms with E-state index >= 15 is 0 Å². The van der Waals surface area contributed by atoms with Crippen molar-refractivity contribution in [3.05, 3.63) is 52.9 Å². The van der Waals surface area contributed by atoms with Crippen molar-refractivity contribution < 1.29 is 19.1 Å². The molecule has 1 saturated heterocycles. The molecule has 32 heavy (non-hydrogen) atoms. The van der Waals surface area contributed by atoms with E-state index in [1.54, 1.807) is 29.2 Å². The van der Waals surface area contributed by atoms with Crippen molar-refractivity contribution in [3.63, 3.8) is 0 Å². The summed E-state index contributed by atoms with van der Waals surface area (Å²) in [7, 11) is 0. The third-order valence-corrected chi connectivity index (χ3v) is 5.63. The highest BCUT2D eigenvalue weighted by Crippen LogP contribution is 2.31. The number of amides is 2. The Morgan fingerprint density at radius 1 is 1.00 bits per heavy atom. The first-order valence-electron chi connectivity index (χ1n) is 10.5. The summed E-state index contributed by atoms with van der Waals surface area (Å²) in [6.07, 6.45) is -0.658. The minimum Gasteiger partial charge on any atom is -0.485 e. The summed E-state index contributed by atoms with van der Waals surface area (Å²) in [6.45, 7) is 2.63. The Morgan fingerprint density at radius 3 is 2.56 bits per heavy atom. The van der Waals surface area contributed by atoms with Crippen LogP contribution in [0.5, 0.6) is 11.5 Å². The number of benzene rings is 2. The Hall–Kier alpha value is -3.79. The van der Waals surface area contributed by atoms with Gasteiger partial charge in [0.1, 0.15) is 6.61 Å². The molecule has 3 aromatic rings. The number of para-hydroxylation sites is 2. The van der Waals surface area contributed by atoms with Crippen LogP contribution in [0, 0.1) is 0 Å². The number of imidazole rings is 1. The van der Waals surface area contributed by atoms with Gasteiger partial charge in [0.05, 0.1) is 17.6 Å². The minimum atomic E-state index is -0.658. The van der Waals surface area contributed by atoms with E-state index in [4.69, 9.17) is 9.47 Å². The van der Waals surface area contributed by atoms with Crippen LogP contribution in [0.2, 0.25) is 0 Å². The Bertz CT molecular complexity index is 1210. The highest BCUT2D eigenvalue weighted by atomic mass is 16.6. The molecular formula is C22H23N5O5. The first-order valence-corrected chi connectivity index (χ1v) is 10.5. The van der Waals surface area contributed by atoms with Crippen LogP contribution in [-0.4, -0.2) is 77.0 Å². The van der Waals surface area contributed by atoms with Crippen LogP contribution in [-0.2, 0) is 9.59 Å². The topological polar surface area (TPSA) is 120 Å². The lowest BCUT2D eigenvalue weighted by Gasteiger charge is -2.36. The van der Waals surface area contributed by atoms with Crippen LogP contribution in [0.1, 0.15) is 0 Å². The van der Waals surface area contributed by atoms with Crippen molar-refractivity contribution in [3.8, 4) is 11.5 Å². The molecule has 2 aliphatic rings. The van der Waals surface area contributed by atoms with Gasteiger partial charge >= 0.3 is 5.69 Å². The fourth-order valence-corrected chi connectivity index (χ4v) is 3.99. The van der Waals surface area contributed by atoms with Gasteiger partial charge < -0.3 is 29.7 Å². The first-order chi connectivity index (χ1) is 15.5. The fourth-order valence-electron chi connectivity index (χ4n) is 3.99. The van der Waals surface area contributed by atoms with Gasteiger partial charge in [-0.15, -0.1) is 0 Å². The van der Waals surface area contributed by atoms with E-state index in [1.165, 1.54) is 0 Å². The highest BCUT2D eigenvalue weighted by Gasteiger charge is 2.32. The Morgan fingerprint density at radius 2 is 1.75 bits per heavy atom. The fraction of sp³-hybridized carbons (Fsp3) is 0.318. The molecule has 0 aliphatic carbocycles. The predicted molar refractivity (Wildman–Crippen MR) is 117 cm³/mol. The third kappa shape index (κ3) is 4.17. The molecule has 166 valence electrons. The maximum absolute atomic E-state index is 12.8. The summed E-state index contributed by atoms with van der Waals surface area (Å²) in [5.74, 6) is 0.976. The van der Waals surface area contributed by atoms with Crippen molar-refractivity contribution in [2.75, 3.05) is 44.6 Å². The summed E-state index contributed by atoms with van der Waals surface area (Å²) < 4.78 is 11.5. The molecule has 2 aliphatic heterocycles. The van der Waals surface area contributed by atoms with Crippen molar-refractivity contribution in [2.24, 2.45) is 0 Å². The zero-order valence-electron chi connectivity index (χ0n) is 17.3. The van der Waals surface area contributed by atoms with Crippen LogP contribution in [0.25, 0.3) is 11.0 Å². The molecular weight excluding hydrogens is 414 g/mol. The number of hydrogen-bond donors (Lipinski definition) is 3. The largest absolute Gasteiger partial charge is 0.485 e. The number of H-pyrrole nitrogens is 2. The van der Waals surface area contributed by atoms with E-state index in [-0.39, 0.29) is 30.7 Å². The number of aromatic nitrogens is 2. The van der Waals surface area contributed by atoms with Crippen LogP contribution in [0.4, 0.5) is 5.69 Å². The molecule has 5 rings (SSSR count). The van der Waals surface area contributed by atoms with Crippen molar-refractivity contribution in [1.82, 2.24) is 19.8 Å². The molecule has 0 unspecified atom stereocenters. The summed E-state index contributed by atoms with van der Waals surface area (Å²) in [4.78, 5) is 45.8. The van der Waals surface area contributed by atoms with Gasteiger partial charge in [-0.1, -0.05) is 12.1 Å². The van der Waals surface area contributed by atoms with Crippen molar-refractivity contribution in [2.45, 2.75) is 6.10 Å². The van der Waals surface area contributed by atoms with Gasteiger partial charge in [0.2, 0.25) is 12.0 Å². The zero-order valence-corrected chi connectivity index (χ0v) is 17.3. The number of ether oxygens (including phenoxy) is 2. The van der Waals surface area contributed by atoms with Crippen molar-refractivity contribution >= 4 is 28.5 Å². The van der Waals surface area contributed by atoms with E-state index in [2.05, 4.69) is 15.3 Å². The van der Waals surface area contributed by atoms with E-state index in [9.17, 15) is 14.4 Å². The standard InChI is InChI=1S/C22H23N5O5/c28-20(23-14-5-6-15-16(11-14)25-22(30)24-15)12-26-7-9-27(10-8-26)21(29)19-13-31-17-3-1-2-4-18(17)32-19/h1-6,11,19H,7-10,12-13H2,(H,23,28)(H2,24,25,30)/t19-/m1/s1. The average molecular weight is 437 g/mol. The average Bonchev–Trinajstić information content (AvgIpc) is 3.18. The number of nitrogens with one attached hydrogen (secondary N) is 3. The molecule has 10 nitrogen and oxygen atoms in total. The Labute approximate surface area is 183 Å². The number of fused-ring (bicyclic) bond motifs is 2. The third-order valence-electron chi connectivity index (χ3n) is 5.63. The van der Waals surface area contributed by atoms with Gasteiger partial charge in [0.15, 0.2) is 11.5 Å². The number of aromatic amines is 2. The normalized spacial score (nSPS) is 18.5. The molecule has 0 spiro atoms. The zero-order chi connectivity index (χ0) is 22.1. The molecule has 2 amide bonds. The number of piperazine rings is 1. The summed E-state index contributed by atoms with van der Waals surface area (Å²) in [5, 5.41) is 2.85. The number of rotatable bonds is 4. The summed E-state index contributed by atoms with van der Waals surface area (Å²) in [5.41, 5.74) is 1.65. The molecule has 0 radical (unpaired) electrons. The smallest absolute Gasteiger partial charge is 0.323 e. The molecule has 0 bridgehead atoms. The summed E-state index contributed by atoms with van der Waals surface area (Å²) in [6, 6.07) is 12.5. The van der Waals surface area contributed by atoms with Crippen LogP contribution < -0.4 is 20.5 Å². The SMILES string of the molecule is O=C(CN1CCN(C(=O)[C@H]2COc3ccccc3O2)CC1)Nc1ccc2[nH]c(=O)[nH]c2c1. The Kier molecular flexibility index (Phi) is 5.28. The molecule has 2 aromatic carbocycles. The molecule has 1 aromatic heterocycles. The number of anilines is 1. The highest BCUT2D eigenvalue weighted by molar-refractivity contribution is 5.94. The predicted octanol–water partition coefficient (Wildman–Crippen LogP) is 0.779. The van der Waals surface area contributed by atoms with Crippen molar-refractivity contribution in [1.29, 1.82) is 0 Å². The molecule has 0 saturated carbocycles. The van der Waals surface area contributed by atoms with Gasteiger partial charge in [-0.3, -0.25) is 14.5 Å². The lowest BCUT2D eigenvalue weighted by molar-refractivity contribution is -0.143. The van der Waals surface area contributed by atoms with Gasteiger partial charge in [-0.2, -0.15) is 0 Å². The lowest BCUT2D eigenvalue weighted by Crippen LogP contribution is -2.54. The Balaban J connectivity index is 1.11. The van der Waals surface area contributed by atoms with E-state index in [1.807, 2.05) is 23.1 Å². The number of carbonyl (C=O) groups is 2. The molecule has 10 heteroatoms. The maximum atomic E-state index is 12.8. The number of carbonyl (C=O) groups excluding carboxylic acids is 2. The minimum absolute atomic E-state index is 0.0996. The quantitative estimate of drug-likeness (QED) is 0.555. The van der Waals surface area contributed by atoms with Crippen LogP contribution in [0.3, 0.4) is 0 Å². The molecule has 3 heterocycles. The van der Waals surface area contributed by atoms with E-state index < -0.39 is 6.10 Å². The van der Waals surface area contributed by atoms with Gasteiger partial charge in [0.25, 0.3) is 5.91 Å². The monoisotopic (exact) mass is 437 g/mol. The molecule has 3 N–H and O–H groups in total. The maximum Gasteiger partial charge on any atom is 0.323 e.